The largest absolute Gasteiger partial charge is 0.380 e. The van der Waals surface area contributed by atoms with Crippen LogP contribution in [0.2, 0.25) is 0 Å². The van der Waals surface area contributed by atoms with Gasteiger partial charge in [0.15, 0.2) is 0 Å². The summed E-state index contributed by atoms with van der Waals surface area (Å²) >= 11 is 0. The molecule has 2 saturated heterocycles. The zero-order chi connectivity index (χ0) is 18.3. The Kier molecular flexibility index (Phi) is 5.02. The molecule has 1 aliphatic carbocycles. The monoisotopic (exact) mass is 362 g/mol. The van der Waals surface area contributed by atoms with Gasteiger partial charge in [-0.25, -0.2) is 8.78 Å². The minimum Gasteiger partial charge on any atom is -0.380 e. The summed E-state index contributed by atoms with van der Waals surface area (Å²) in [6.07, 6.45) is 2.16. The van der Waals surface area contributed by atoms with Crippen molar-refractivity contribution in [1.29, 1.82) is 0 Å². The van der Waals surface area contributed by atoms with Gasteiger partial charge in [-0.1, -0.05) is 12.1 Å². The van der Waals surface area contributed by atoms with Crippen molar-refractivity contribution < 1.29 is 13.5 Å². The predicted molar refractivity (Wildman–Crippen MR) is 99.9 cm³/mol. The van der Waals surface area contributed by atoms with Crippen LogP contribution in [0.15, 0.2) is 29.6 Å². The minimum atomic E-state index is -1.12. The molecule has 4 rings (SSSR count). The molecule has 4 unspecified atom stereocenters. The first-order valence-electron chi connectivity index (χ1n) is 9.72. The van der Waals surface area contributed by atoms with Gasteiger partial charge in [0.25, 0.3) is 0 Å². The maximum Gasteiger partial charge on any atom is 0.125 e. The van der Waals surface area contributed by atoms with Crippen LogP contribution in [0.3, 0.4) is 0 Å². The Bertz CT molecular complexity index is 705. The fraction of sp³-hybridized carbons (Fsp3) is 0.619. The van der Waals surface area contributed by atoms with E-state index in [-0.39, 0.29) is 11.9 Å². The zero-order valence-corrected chi connectivity index (χ0v) is 15.6. The lowest BCUT2D eigenvalue weighted by Crippen LogP contribution is -2.36. The summed E-state index contributed by atoms with van der Waals surface area (Å²) in [5.41, 5.74) is 4.03. The minimum absolute atomic E-state index is 0.156. The van der Waals surface area contributed by atoms with Gasteiger partial charge in [-0.15, -0.1) is 0 Å². The molecule has 0 amide bonds. The third-order valence-electron chi connectivity index (χ3n) is 6.20. The van der Waals surface area contributed by atoms with E-state index in [1.165, 1.54) is 16.8 Å². The van der Waals surface area contributed by atoms with Gasteiger partial charge < -0.3 is 15.0 Å². The molecule has 3 nitrogen and oxygen atoms in total. The van der Waals surface area contributed by atoms with E-state index in [9.17, 15) is 8.78 Å². The second kappa shape index (κ2) is 7.28. The summed E-state index contributed by atoms with van der Waals surface area (Å²) in [4.78, 5) is 2.43. The summed E-state index contributed by atoms with van der Waals surface area (Å²) in [5, 5.41) is 3.53. The fourth-order valence-electron chi connectivity index (χ4n) is 5.03. The van der Waals surface area contributed by atoms with Crippen molar-refractivity contribution in [2.75, 3.05) is 18.6 Å². The van der Waals surface area contributed by atoms with Crippen molar-refractivity contribution in [2.45, 2.75) is 69.9 Å². The molecule has 0 spiro atoms. The fourth-order valence-corrected chi connectivity index (χ4v) is 5.03. The third kappa shape index (κ3) is 3.16. The lowest BCUT2D eigenvalue weighted by Gasteiger charge is -2.29. The number of methoxy groups -OCH3 is 1. The topological polar surface area (TPSA) is 24.5 Å². The van der Waals surface area contributed by atoms with Crippen LogP contribution in [0.1, 0.15) is 43.2 Å². The molecule has 5 heteroatoms. The van der Waals surface area contributed by atoms with Crippen molar-refractivity contribution in [1.82, 2.24) is 5.32 Å². The molecular formula is C21H28F2N2O. The maximum absolute atomic E-state index is 14.4. The number of halogens is 2. The van der Waals surface area contributed by atoms with E-state index in [0.29, 0.717) is 43.5 Å². The number of nitrogens with one attached hydrogen (secondary N) is 1. The van der Waals surface area contributed by atoms with E-state index in [4.69, 9.17) is 4.74 Å². The Hall–Kier alpha value is -1.46. The molecule has 0 radical (unpaired) electrons. The highest BCUT2D eigenvalue weighted by atomic mass is 19.1. The van der Waals surface area contributed by atoms with E-state index in [1.54, 1.807) is 7.11 Å². The molecule has 1 aromatic rings. The summed E-state index contributed by atoms with van der Waals surface area (Å²) in [6, 6.07) is 6.91. The van der Waals surface area contributed by atoms with Crippen molar-refractivity contribution in [3.8, 4) is 0 Å². The first-order chi connectivity index (χ1) is 12.6. The van der Waals surface area contributed by atoms with E-state index in [1.807, 2.05) is 0 Å². The van der Waals surface area contributed by atoms with Crippen LogP contribution in [-0.2, 0) is 11.3 Å². The Balaban J connectivity index is 1.54. The van der Waals surface area contributed by atoms with E-state index in [0.717, 1.165) is 19.4 Å². The molecule has 2 heterocycles. The highest BCUT2D eigenvalue weighted by Crippen LogP contribution is 2.40. The SMILES string of the molecule is COCc1ccc(N2CCC3NC(C4=C(F)CCCC4F)CC32)c(C)c1. The summed E-state index contributed by atoms with van der Waals surface area (Å²) in [6.45, 7) is 3.73. The highest BCUT2D eigenvalue weighted by Gasteiger charge is 2.45. The van der Waals surface area contributed by atoms with Crippen molar-refractivity contribution in [3.63, 3.8) is 0 Å². The quantitative estimate of drug-likeness (QED) is 0.869. The van der Waals surface area contributed by atoms with Crippen LogP contribution >= 0.6 is 0 Å². The number of rotatable bonds is 4. The zero-order valence-electron chi connectivity index (χ0n) is 15.6. The van der Waals surface area contributed by atoms with Crippen LogP contribution < -0.4 is 10.2 Å². The number of hydrogen-bond acceptors (Lipinski definition) is 3. The van der Waals surface area contributed by atoms with E-state index >= 15 is 0 Å². The predicted octanol–water partition coefficient (Wildman–Crippen LogP) is 4.20. The van der Waals surface area contributed by atoms with Gasteiger partial charge >= 0.3 is 0 Å². The Morgan fingerprint density at radius 1 is 1.31 bits per heavy atom. The Morgan fingerprint density at radius 2 is 2.15 bits per heavy atom. The molecule has 1 aromatic carbocycles. The average molecular weight is 362 g/mol. The molecule has 0 bridgehead atoms. The van der Waals surface area contributed by atoms with Crippen LogP contribution in [0.5, 0.6) is 0 Å². The molecule has 4 atom stereocenters. The van der Waals surface area contributed by atoms with Crippen molar-refractivity contribution in [3.05, 3.63) is 40.7 Å². The average Bonchev–Trinajstić information content (AvgIpc) is 3.16. The second-order valence-electron chi connectivity index (χ2n) is 7.88. The van der Waals surface area contributed by atoms with Gasteiger partial charge in [-0.05, 0) is 56.2 Å². The van der Waals surface area contributed by atoms with E-state index < -0.39 is 6.17 Å². The normalized spacial score (nSPS) is 31.6. The van der Waals surface area contributed by atoms with Crippen molar-refractivity contribution in [2.24, 2.45) is 0 Å². The number of hydrogen-bond donors (Lipinski definition) is 1. The molecule has 2 aliphatic heterocycles. The Labute approximate surface area is 154 Å². The summed E-state index contributed by atoms with van der Waals surface area (Å²) in [5.74, 6) is -0.215. The molecule has 0 saturated carbocycles. The van der Waals surface area contributed by atoms with Gasteiger partial charge in [-0.3, -0.25) is 0 Å². The molecule has 1 N–H and O–H groups in total. The number of fused-ring (bicyclic) bond motifs is 1. The van der Waals surface area contributed by atoms with Gasteiger partial charge in [0.1, 0.15) is 12.0 Å². The maximum atomic E-state index is 14.4. The molecule has 2 fully saturated rings. The third-order valence-corrected chi connectivity index (χ3v) is 6.20. The van der Waals surface area contributed by atoms with E-state index in [2.05, 4.69) is 35.3 Å². The lowest BCUT2D eigenvalue weighted by atomic mass is 9.90. The van der Waals surface area contributed by atoms with Gasteiger partial charge in [0.05, 0.1) is 6.61 Å². The number of anilines is 1. The first kappa shape index (κ1) is 17.9. The summed E-state index contributed by atoms with van der Waals surface area (Å²) in [7, 11) is 1.70. The number of ether oxygens (including phenoxy) is 1. The van der Waals surface area contributed by atoms with Crippen LogP contribution in [0, 0.1) is 6.92 Å². The van der Waals surface area contributed by atoms with Crippen LogP contribution in [-0.4, -0.2) is 38.0 Å². The Morgan fingerprint density at radius 3 is 2.88 bits per heavy atom. The standard InChI is InChI=1S/C21H28F2N2O/c1-13-10-14(12-26-2)6-7-19(13)25-9-8-17-20(25)11-18(24-17)21-15(22)4-3-5-16(21)23/h6-7,10,15,17-18,20,24H,3-5,8-9,11-12H2,1-2H3. The molecular weight excluding hydrogens is 334 g/mol. The van der Waals surface area contributed by atoms with Gasteiger partial charge in [-0.2, -0.15) is 0 Å². The molecule has 26 heavy (non-hydrogen) atoms. The molecule has 142 valence electrons. The molecule has 3 aliphatic rings. The second-order valence-corrected chi connectivity index (χ2v) is 7.88. The number of nitrogens with zero attached hydrogens (tertiary/aromatic N) is 1. The molecule has 0 aromatic heterocycles. The number of aryl methyl sites for hydroxylation is 1. The van der Waals surface area contributed by atoms with Crippen LogP contribution in [0.25, 0.3) is 0 Å². The van der Waals surface area contributed by atoms with Gasteiger partial charge in [0.2, 0.25) is 0 Å². The number of alkyl halides is 1. The number of benzene rings is 1. The van der Waals surface area contributed by atoms with Gasteiger partial charge in [0, 0.05) is 43.0 Å². The smallest absolute Gasteiger partial charge is 0.125 e. The van der Waals surface area contributed by atoms with Crippen LogP contribution in [0.4, 0.5) is 14.5 Å². The lowest BCUT2D eigenvalue weighted by molar-refractivity contribution is 0.185. The van der Waals surface area contributed by atoms with Crippen molar-refractivity contribution >= 4 is 5.69 Å². The first-order valence-corrected chi connectivity index (χ1v) is 9.72. The number of allylic oxidation sites excluding steroid dienone is 1. The highest BCUT2D eigenvalue weighted by molar-refractivity contribution is 5.57. The summed E-state index contributed by atoms with van der Waals surface area (Å²) < 4.78 is 33.9.